The van der Waals surface area contributed by atoms with E-state index in [1.54, 1.807) is 16.4 Å². The number of carbonyl (C=O) groups excluding carboxylic acids is 1. The maximum atomic E-state index is 13.1. The lowest BCUT2D eigenvalue weighted by Gasteiger charge is -2.20. The van der Waals surface area contributed by atoms with Crippen molar-refractivity contribution in [3.8, 4) is 17.2 Å². The first-order valence-electron chi connectivity index (χ1n) is 11.6. The zero-order valence-corrected chi connectivity index (χ0v) is 21.2. The number of sulfonamides is 1. The van der Waals surface area contributed by atoms with Crippen LogP contribution in [0.4, 0.5) is 0 Å². The van der Waals surface area contributed by atoms with Crippen molar-refractivity contribution >= 4 is 15.9 Å². The molecule has 0 radical (unpaired) electrons. The third-order valence-corrected chi connectivity index (χ3v) is 8.22. The molecule has 1 amide bonds. The minimum Gasteiger partial charge on any atom is -0.342 e. The van der Waals surface area contributed by atoms with E-state index in [1.165, 1.54) is 0 Å². The summed E-state index contributed by atoms with van der Waals surface area (Å²) < 4.78 is 27.8. The number of likely N-dealkylation sites (N-methyl/N-ethyl adjacent to an activating group) is 1. The number of nitrogens with one attached hydrogen (secondary N) is 1. The molecule has 1 N–H and O–H groups in total. The molecule has 34 heavy (non-hydrogen) atoms. The number of carbonyl (C=O) groups is 1. The lowest BCUT2D eigenvalue weighted by Crippen LogP contribution is -2.34. The fourth-order valence-corrected chi connectivity index (χ4v) is 5.86. The van der Waals surface area contributed by atoms with Crippen molar-refractivity contribution in [2.24, 2.45) is 5.92 Å². The molecule has 0 aromatic heterocycles. The highest BCUT2D eigenvalue weighted by Crippen LogP contribution is 2.30. The van der Waals surface area contributed by atoms with Crippen LogP contribution in [0.5, 0.6) is 0 Å². The van der Waals surface area contributed by atoms with Crippen LogP contribution in [0, 0.1) is 17.2 Å². The van der Waals surface area contributed by atoms with Gasteiger partial charge in [-0.05, 0) is 61.7 Å². The van der Waals surface area contributed by atoms with Crippen LogP contribution in [0.15, 0.2) is 53.4 Å². The summed E-state index contributed by atoms with van der Waals surface area (Å²) in [4.78, 5) is 15.1. The van der Waals surface area contributed by atoms with Crippen molar-refractivity contribution in [3.63, 3.8) is 0 Å². The molecule has 0 bridgehead atoms. The molecule has 2 aromatic carbocycles. The van der Waals surface area contributed by atoms with E-state index in [1.807, 2.05) is 56.6 Å². The summed E-state index contributed by atoms with van der Waals surface area (Å²) in [5.74, 6) is -0.202. The van der Waals surface area contributed by atoms with Crippen molar-refractivity contribution < 1.29 is 13.2 Å². The molecular weight excluding hydrogens is 448 g/mol. The normalized spacial score (nSPS) is 17.6. The Bertz CT molecular complexity index is 1140. The Hall–Kier alpha value is -2.73. The Morgan fingerprint density at radius 2 is 1.88 bits per heavy atom. The fraction of sp³-hybridized carbons (Fsp3) is 0.462. The number of hydrogen-bond donors (Lipinski definition) is 1. The SMILES string of the molecule is CC(C)CC(C(=O)NCC#N)c1cccc(-c2ccc(S(=O)(=O)N3CCC(N(C)C)C3)cc2)c1. The molecule has 1 aliphatic heterocycles. The first kappa shape index (κ1) is 25.9. The molecule has 0 saturated carbocycles. The van der Waals surface area contributed by atoms with Gasteiger partial charge in [0, 0.05) is 19.1 Å². The Balaban J connectivity index is 1.83. The van der Waals surface area contributed by atoms with Gasteiger partial charge in [0.15, 0.2) is 0 Å². The van der Waals surface area contributed by atoms with Crippen LogP contribution in [0.3, 0.4) is 0 Å². The molecule has 1 saturated heterocycles. The van der Waals surface area contributed by atoms with Crippen LogP contribution in [-0.4, -0.2) is 63.3 Å². The molecule has 182 valence electrons. The van der Waals surface area contributed by atoms with Crippen LogP contribution in [-0.2, 0) is 14.8 Å². The maximum Gasteiger partial charge on any atom is 0.243 e. The molecule has 2 atom stereocenters. The number of nitrogens with zero attached hydrogens (tertiary/aromatic N) is 3. The zero-order valence-electron chi connectivity index (χ0n) is 20.4. The molecule has 0 aliphatic carbocycles. The van der Waals surface area contributed by atoms with Gasteiger partial charge in [0.25, 0.3) is 0 Å². The second-order valence-corrected chi connectivity index (χ2v) is 11.4. The highest BCUT2D eigenvalue weighted by molar-refractivity contribution is 7.89. The van der Waals surface area contributed by atoms with Crippen molar-refractivity contribution in [2.75, 3.05) is 33.7 Å². The van der Waals surface area contributed by atoms with E-state index >= 15 is 0 Å². The minimum absolute atomic E-state index is 0.0185. The van der Waals surface area contributed by atoms with E-state index in [2.05, 4.69) is 24.1 Å². The van der Waals surface area contributed by atoms with E-state index in [9.17, 15) is 13.2 Å². The molecule has 1 heterocycles. The molecule has 1 fully saturated rings. The van der Waals surface area contributed by atoms with E-state index in [4.69, 9.17) is 5.26 Å². The van der Waals surface area contributed by atoms with Crippen LogP contribution in [0.25, 0.3) is 11.1 Å². The summed E-state index contributed by atoms with van der Waals surface area (Å²) >= 11 is 0. The quantitative estimate of drug-likeness (QED) is 0.553. The molecule has 2 unspecified atom stereocenters. The molecule has 3 rings (SSSR count). The molecule has 2 aromatic rings. The summed E-state index contributed by atoms with van der Waals surface area (Å²) in [6.07, 6.45) is 1.50. The summed E-state index contributed by atoms with van der Waals surface area (Å²) in [6.45, 7) is 5.14. The van der Waals surface area contributed by atoms with E-state index in [-0.39, 0.29) is 24.4 Å². The second kappa shape index (κ2) is 11.1. The maximum absolute atomic E-state index is 13.1. The molecule has 1 aliphatic rings. The Morgan fingerprint density at radius 3 is 2.47 bits per heavy atom. The van der Waals surface area contributed by atoms with Gasteiger partial charge in [-0.15, -0.1) is 0 Å². The van der Waals surface area contributed by atoms with Crippen molar-refractivity contribution in [2.45, 2.75) is 43.5 Å². The number of benzene rings is 2. The minimum atomic E-state index is -3.53. The summed E-state index contributed by atoms with van der Waals surface area (Å²) in [7, 11) is 0.418. The smallest absolute Gasteiger partial charge is 0.243 e. The van der Waals surface area contributed by atoms with Crippen molar-refractivity contribution in [1.29, 1.82) is 5.26 Å². The first-order valence-corrected chi connectivity index (χ1v) is 13.1. The zero-order chi connectivity index (χ0) is 24.9. The van der Waals surface area contributed by atoms with Crippen LogP contribution in [0.2, 0.25) is 0 Å². The van der Waals surface area contributed by atoms with Gasteiger partial charge in [-0.3, -0.25) is 4.79 Å². The monoisotopic (exact) mass is 482 g/mol. The summed E-state index contributed by atoms with van der Waals surface area (Å²) in [5.41, 5.74) is 2.68. The molecule has 8 heteroatoms. The first-order chi connectivity index (χ1) is 16.1. The van der Waals surface area contributed by atoms with Gasteiger partial charge in [-0.25, -0.2) is 8.42 Å². The standard InChI is InChI=1S/C26H34N4O3S/c1-19(2)16-25(26(31)28-14-13-27)22-7-5-6-21(17-22)20-8-10-24(11-9-20)34(32,33)30-15-12-23(18-30)29(3)4/h5-11,17,19,23,25H,12,14-16,18H2,1-4H3,(H,28,31). The lowest BCUT2D eigenvalue weighted by molar-refractivity contribution is -0.122. The third-order valence-electron chi connectivity index (χ3n) is 6.34. The van der Waals surface area contributed by atoms with Gasteiger partial charge in [0.05, 0.1) is 16.9 Å². The van der Waals surface area contributed by atoms with Gasteiger partial charge >= 0.3 is 0 Å². The van der Waals surface area contributed by atoms with Gasteiger partial charge in [0.1, 0.15) is 6.54 Å². The average molecular weight is 483 g/mol. The predicted octanol–water partition coefficient (Wildman–Crippen LogP) is 3.45. The second-order valence-electron chi connectivity index (χ2n) is 9.48. The van der Waals surface area contributed by atoms with Gasteiger partial charge < -0.3 is 10.2 Å². The fourth-order valence-electron chi connectivity index (χ4n) is 4.37. The number of hydrogen-bond acceptors (Lipinski definition) is 5. The topological polar surface area (TPSA) is 93.5 Å². The Kier molecular flexibility index (Phi) is 8.47. The van der Waals surface area contributed by atoms with E-state index in [0.29, 0.717) is 30.3 Å². The average Bonchev–Trinajstić information content (AvgIpc) is 3.33. The van der Waals surface area contributed by atoms with E-state index in [0.717, 1.165) is 23.1 Å². The van der Waals surface area contributed by atoms with Crippen LogP contribution >= 0.6 is 0 Å². The Labute approximate surface area is 203 Å². The lowest BCUT2D eigenvalue weighted by atomic mass is 9.88. The van der Waals surface area contributed by atoms with Crippen molar-refractivity contribution in [3.05, 3.63) is 54.1 Å². The highest BCUT2D eigenvalue weighted by atomic mass is 32.2. The van der Waals surface area contributed by atoms with Crippen molar-refractivity contribution in [1.82, 2.24) is 14.5 Å². The number of nitriles is 1. The summed E-state index contributed by atoms with van der Waals surface area (Å²) in [5, 5.41) is 11.5. The van der Waals surface area contributed by atoms with Gasteiger partial charge in [-0.1, -0.05) is 50.2 Å². The third kappa shape index (κ3) is 6.03. The largest absolute Gasteiger partial charge is 0.342 e. The van der Waals surface area contributed by atoms with Gasteiger partial charge in [0.2, 0.25) is 15.9 Å². The predicted molar refractivity (Wildman–Crippen MR) is 134 cm³/mol. The summed E-state index contributed by atoms with van der Waals surface area (Å²) in [6, 6.07) is 16.9. The number of amides is 1. The molecule has 0 spiro atoms. The molecule has 7 nitrogen and oxygen atoms in total. The molecular formula is C26H34N4O3S. The Morgan fingerprint density at radius 1 is 1.18 bits per heavy atom. The van der Waals surface area contributed by atoms with Crippen LogP contribution in [0.1, 0.15) is 38.2 Å². The highest BCUT2D eigenvalue weighted by Gasteiger charge is 2.33. The van der Waals surface area contributed by atoms with Crippen LogP contribution < -0.4 is 5.32 Å². The van der Waals surface area contributed by atoms with Gasteiger partial charge in [-0.2, -0.15) is 9.57 Å². The van der Waals surface area contributed by atoms with E-state index < -0.39 is 10.0 Å². The number of rotatable bonds is 9.